The molecular formula is C19H21ClN2O. The SMILES string of the molecule is Cc1ccc(OCCCN(C)C)c(C#Cc2cccc(Cl)c2)n1. The highest BCUT2D eigenvalue weighted by molar-refractivity contribution is 6.30. The molecule has 120 valence electrons. The summed E-state index contributed by atoms with van der Waals surface area (Å²) in [6.45, 7) is 3.58. The molecule has 0 saturated carbocycles. The first-order valence-electron chi connectivity index (χ1n) is 7.57. The van der Waals surface area contributed by atoms with Crippen LogP contribution in [0.3, 0.4) is 0 Å². The largest absolute Gasteiger partial charge is 0.491 e. The van der Waals surface area contributed by atoms with E-state index >= 15 is 0 Å². The lowest BCUT2D eigenvalue weighted by molar-refractivity contribution is 0.280. The number of ether oxygens (including phenoxy) is 1. The number of hydrogen-bond donors (Lipinski definition) is 0. The molecule has 2 rings (SSSR count). The quantitative estimate of drug-likeness (QED) is 0.617. The van der Waals surface area contributed by atoms with Gasteiger partial charge < -0.3 is 9.64 Å². The Hall–Kier alpha value is -2.02. The van der Waals surface area contributed by atoms with E-state index in [1.807, 2.05) is 43.3 Å². The number of halogens is 1. The van der Waals surface area contributed by atoms with Crippen molar-refractivity contribution in [2.45, 2.75) is 13.3 Å². The Morgan fingerprint density at radius 2 is 2.00 bits per heavy atom. The van der Waals surface area contributed by atoms with Gasteiger partial charge in [-0.1, -0.05) is 23.6 Å². The van der Waals surface area contributed by atoms with Crippen LogP contribution in [0.5, 0.6) is 5.75 Å². The molecule has 0 spiro atoms. The summed E-state index contributed by atoms with van der Waals surface area (Å²) in [6, 6.07) is 11.3. The predicted octanol–water partition coefficient (Wildman–Crippen LogP) is 3.77. The predicted molar refractivity (Wildman–Crippen MR) is 95.1 cm³/mol. The Balaban J connectivity index is 2.13. The van der Waals surface area contributed by atoms with Crippen molar-refractivity contribution >= 4 is 11.6 Å². The number of benzene rings is 1. The van der Waals surface area contributed by atoms with Crippen LogP contribution < -0.4 is 4.74 Å². The smallest absolute Gasteiger partial charge is 0.155 e. The molecule has 0 aliphatic rings. The third-order valence-electron chi connectivity index (χ3n) is 3.15. The summed E-state index contributed by atoms with van der Waals surface area (Å²) in [5, 5.41) is 0.675. The molecule has 0 amide bonds. The topological polar surface area (TPSA) is 25.4 Å². The van der Waals surface area contributed by atoms with Crippen molar-refractivity contribution in [1.29, 1.82) is 0 Å². The molecule has 0 unspecified atom stereocenters. The Morgan fingerprint density at radius 3 is 2.74 bits per heavy atom. The summed E-state index contributed by atoms with van der Waals surface area (Å²) in [5.74, 6) is 6.91. The Labute approximate surface area is 143 Å². The number of nitrogens with zero attached hydrogens (tertiary/aromatic N) is 2. The van der Waals surface area contributed by atoms with Crippen molar-refractivity contribution in [2.75, 3.05) is 27.2 Å². The van der Waals surface area contributed by atoms with Gasteiger partial charge in [0.05, 0.1) is 6.61 Å². The van der Waals surface area contributed by atoms with E-state index < -0.39 is 0 Å². The van der Waals surface area contributed by atoms with Gasteiger partial charge in [0.1, 0.15) is 0 Å². The highest BCUT2D eigenvalue weighted by Crippen LogP contribution is 2.17. The first-order chi connectivity index (χ1) is 11.0. The minimum absolute atomic E-state index is 0.648. The summed E-state index contributed by atoms with van der Waals surface area (Å²) in [7, 11) is 4.10. The maximum absolute atomic E-state index is 5.98. The molecule has 23 heavy (non-hydrogen) atoms. The molecule has 0 radical (unpaired) electrons. The first-order valence-corrected chi connectivity index (χ1v) is 7.95. The Morgan fingerprint density at radius 1 is 1.17 bits per heavy atom. The third-order valence-corrected chi connectivity index (χ3v) is 3.39. The van der Waals surface area contributed by atoms with Crippen molar-refractivity contribution < 1.29 is 4.74 Å². The second kappa shape index (κ2) is 8.57. The summed E-state index contributed by atoms with van der Waals surface area (Å²) in [5.41, 5.74) is 2.44. The van der Waals surface area contributed by atoms with Crippen LogP contribution in [0.2, 0.25) is 5.02 Å². The molecule has 3 nitrogen and oxygen atoms in total. The van der Waals surface area contributed by atoms with Crippen LogP contribution in [0.25, 0.3) is 0 Å². The average Bonchev–Trinajstić information content (AvgIpc) is 2.51. The molecule has 2 aromatic rings. The zero-order valence-corrected chi connectivity index (χ0v) is 14.5. The second-order valence-electron chi connectivity index (χ2n) is 5.57. The lowest BCUT2D eigenvalue weighted by atomic mass is 10.2. The fraction of sp³-hybridized carbons (Fsp3) is 0.316. The van der Waals surface area contributed by atoms with Crippen molar-refractivity contribution in [1.82, 2.24) is 9.88 Å². The Kier molecular flexibility index (Phi) is 6.46. The highest BCUT2D eigenvalue weighted by atomic mass is 35.5. The van der Waals surface area contributed by atoms with Crippen molar-refractivity contribution in [3.05, 3.63) is 58.4 Å². The van der Waals surface area contributed by atoms with Crippen LogP contribution in [0.15, 0.2) is 36.4 Å². The molecule has 1 aromatic heterocycles. The number of pyridine rings is 1. The van der Waals surface area contributed by atoms with E-state index in [4.69, 9.17) is 16.3 Å². The minimum atomic E-state index is 0.648. The minimum Gasteiger partial charge on any atom is -0.491 e. The van der Waals surface area contributed by atoms with Crippen LogP contribution in [0, 0.1) is 18.8 Å². The number of aryl methyl sites for hydroxylation is 1. The van der Waals surface area contributed by atoms with Gasteiger partial charge in [0.2, 0.25) is 0 Å². The monoisotopic (exact) mass is 328 g/mol. The van der Waals surface area contributed by atoms with Gasteiger partial charge in [0.25, 0.3) is 0 Å². The lowest BCUT2D eigenvalue weighted by Crippen LogP contribution is -2.15. The van der Waals surface area contributed by atoms with E-state index in [-0.39, 0.29) is 0 Å². The van der Waals surface area contributed by atoms with Gasteiger partial charge in [0, 0.05) is 22.8 Å². The average molecular weight is 329 g/mol. The maximum Gasteiger partial charge on any atom is 0.155 e. The van der Waals surface area contributed by atoms with Gasteiger partial charge in [-0.2, -0.15) is 0 Å². The lowest BCUT2D eigenvalue weighted by Gasteiger charge is -2.11. The fourth-order valence-corrected chi connectivity index (χ4v) is 2.20. The summed E-state index contributed by atoms with van der Waals surface area (Å²) >= 11 is 5.98. The molecule has 0 fully saturated rings. The molecule has 0 atom stereocenters. The van der Waals surface area contributed by atoms with E-state index in [1.165, 1.54) is 0 Å². The molecule has 0 saturated heterocycles. The van der Waals surface area contributed by atoms with Gasteiger partial charge in [-0.3, -0.25) is 0 Å². The zero-order valence-electron chi connectivity index (χ0n) is 13.8. The maximum atomic E-state index is 5.98. The normalized spacial score (nSPS) is 10.3. The van der Waals surface area contributed by atoms with Gasteiger partial charge >= 0.3 is 0 Å². The molecule has 0 bridgehead atoms. The summed E-state index contributed by atoms with van der Waals surface area (Å²) in [4.78, 5) is 6.62. The van der Waals surface area contributed by atoms with Crippen molar-refractivity contribution in [2.24, 2.45) is 0 Å². The van der Waals surface area contributed by atoms with Gasteiger partial charge in [-0.15, -0.1) is 0 Å². The van der Waals surface area contributed by atoms with E-state index in [0.717, 1.165) is 30.0 Å². The van der Waals surface area contributed by atoms with Gasteiger partial charge in [-0.25, -0.2) is 4.98 Å². The van der Waals surface area contributed by atoms with Crippen LogP contribution >= 0.6 is 11.6 Å². The Bertz CT molecular complexity index is 717. The number of rotatable bonds is 5. The van der Waals surface area contributed by atoms with E-state index in [0.29, 0.717) is 17.3 Å². The highest BCUT2D eigenvalue weighted by Gasteiger charge is 2.04. The van der Waals surface area contributed by atoms with Crippen LogP contribution in [0.1, 0.15) is 23.4 Å². The molecule has 1 heterocycles. The van der Waals surface area contributed by atoms with Gasteiger partial charge in [0.15, 0.2) is 11.4 Å². The van der Waals surface area contributed by atoms with Crippen molar-refractivity contribution in [3.63, 3.8) is 0 Å². The standard InChI is InChI=1S/C19H21ClN2O/c1-15-8-11-19(23-13-5-12-22(2)3)18(21-15)10-9-16-6-4-7-17(20)14-16/h4,6-8,11,14H,5,12-13H2,1-3H3. The third kappa shape index (κ3) is 5.94. The van der Waals surface area contributed by atoms with Gasteiger partial charge in [-0.05, 0) is 63.7 Å². The van der Waals surface area contributed by atoms with E-state index in [1.54, 1.807) is 0 Å². The zero-order chi connectivity index (χ0) is 16.7. The molecule has 0 N–H and O–H groups in total. The second-order valence-corrected chi connectivity index (χ2v) is 6.00. The molecule has 0 aliphatic heterocycles. The van der Waals surface area contributed by atoms with E-state index in [2.05, 4.69) is 35.8 Å². The van der Waals surface area contributed by atoms with Crippen LogP contribution in [-0.4, -0.2) is 37.1 Å². The summed E-state index contributed by atoms with van der Waals surface area (Å²) in [6.07, 6.45) is 0.960. The molecule has 4 heteroatoms. The van der Waals surface area contributed by atoms with Crippen molar-refractivity contribution in [3.8, 4) is 17.6 Å². The fourth-order valence-electron chi connectivity index (χ4n) is 2.01. The molecular weight excluding hydrogens is 308 g/mol. The molecule has 0 aliphatic carbocycles. The number of aromatic nitrogens is 1. The first kappa shape index (κ1) is 17.3. The summed E-state index contributed by atoms with van der Waals surface area (Å²) < 4.78 is 5.84. The van der Waals surface area contributed by atoms with Crippen LogP contribution in [0.4, 0.5) is 0 Å². The van der Waals surface area contributed by atoms with Crippen LogP contribution in [-0.2, 0) is 0 Å². The van der Waals surface area contributed by atoms with E-state index in [9.17, 15) is 0 Å². The molecule has 1 aromatic carbocycles. The number of hydrogen-bond acceptors (Lipinski definition) is 3.